The summed E-state index contributed by atoms with van der Waals surface area (Å²) >= 11 is 12.1. The molecule has 21 heavy (non-hydrogen) atoms. The fourth-order valence-electron chi connectivity index (χ4n) is 3.08. The number of hydrogen-bond acceptors (Lipinski definition) is 3. The molecule has 1 amide bonds. The highest BCUT2D eigenvalue weighted by atomic mass is 35.5. The first kappa shape index (κ1) is 15.1. The van der Waals surface area contributed by atoms with Crippen LogP contribution in [0.25, 0.3) is 0 Å². The molecule has 0 radical (unpaired) electrons. The summed E-state index contributed by atoms with van der Waals surface area (Å²) in [5.41, 5.74) is 0.500. The predicted octanol–water partition coefficient (Wildman–Crippen LogP) is 2.11. The van der Waals surface area contributed by atoms with Crippen LogP contribution in [0.4, 0.5) is 0 Å². The number of piperazine rings is 1. The van der Waals surface area contributed by atoms with Crippen LogP contribution in [0.5, 0.6) is 0 Å². The van der Waals surface area contributed by atoms with E-state index in [4.69, 9.17) is 23.2 Å². The molecular weight excluding hydrogens is 309 g/mol. The van der Waals surface area contributed by atoms with Gasteiger partial charge in [-0.15, -0.1) is 0 Å². The van der Waals surface area contributed by atoms with Crippen LogP contribution >= 0.6 is 23.2 Å². The lowest BCUT2D eigenvalue weighted by molar-refractivity contribution is 0.0584. The van der Waals surface area contributed by atoms with Gasteiger partial charge in [0.15, 0.2) is 0 Å². The molecule has 0 saturated carbocycles. The van der Waals surface area contributed by atoms with Gasteiger partial charge in [-0.05, 0) is 25.1 Å². The molecule has 6 heteroatoms. The molecule has 0 aliphatic carbocycles. The third kappa shape index (κ3) is 3.19. The van der Waals surface area contributed by atoms with Crippen LogP contribution < -0.4 is 5.32 Å². The number of carbonyl (C=O) groups is 1. The Balaban J connectivity index is 1.63. The summed E-state index contributed by atoms with van der Waals surface area (Å²) in [6.07, 6.45) is 1.20. The quantitative estimate of drug-likeness (QED) is 0.903. The minimum absolute atomic E-state index is 0.0216. The molecule has 3 rings (SSSR count). The lowest BCUT2D eigenvalue weighted by Gasteiger charge is -2.37. The van der Waals surface area contributed by atoms with Gasteiger partial charge in [-0.2, -0.15) is 0 Å². The Bertz CT molecular complexity index is 524. The number of nitrogens with zero attached hydrogens (tertiary/aromatic N) is 2. The fraction of sp³-hybridized carbons (Fsp3) is 0.533. The molecule has 1 N–H and O–H groups in total. The maximum atomic E-state index is 12.6. The molecule has 2 saturated heterocycles. The molecule has 1 aromatic carbocycles. The topological polar surface area (TPSA) is 35.6 Å². The second-order valence-corrected chi connectivity index (χ2v) is 6.36. The summed E-state index contributed by atoms with van der Waals surface area (Å²) in [6.45, 7) is 5.51. The van der Waals surface area contributed by atoms with Crippen LogP contribution in [0.15, 0.2) is 18.2 Å². The monoisotopic (exact) mass is 327 g/mol. The van der Waals surface area contributed by atoms with Crippen LogP contribution in [-0.2, 0) is 0 Å². The zero-order chi connectivity index (χ0) is 14.8. The SMILES string of the molecule is O=C(c1cccc(Cl)c1Cl)N1CCN(C2CCNC2)CC1. The van der Waals surface area contributed by atoms with Crippen molar-refractivity contribution >= 4 is 29.1 Å². The van der Waals surface area contributed by atoms with Crippen molar-refractivity contribution in [1.82, 2.24) is 15.1 Å². The van der Waals surface area contributed by atoms with Gasteiger partial charge >= 0.3 is 0 Å². The number of halogens is 2. The lowest BCUT2D eigenvalue weighted by Crippen LogP contribution is -2.52. The normalized spacial score (nSPS) is 23.5. The molecule has 114 valence electrons. The Morgan fingerprint density at radius 2 is 1.95 bits per heavy atom. The van der Waals surface area contributed by atoms with Crippen molar-refractivity contribution in [3.63, 3.8) is 0 Å². The summed E-state index contributed by atoms with van der Waals surface area (Å²) in [5, 5.41) is 4.17. The molecule has 2 aliphatic heterocycles. The third-order valence-corrected chi connectivity index (χ3v) is 5.15. The van der Waals surface area contributed by atoms with Gasteiger partial charge in [0.1, 0.15) is 0 Å². The molecule has 4 nitrogen and oxygen atoms in total. The van der Waals surface area contributed by atoms with Crippen LogP contribution in [-0.4, -0.2) is 61.0 Å². The van der Waals surface area contributed by atoms with E-state index in [0.29, 0.717) is 21.7 Å². The van der Waals surface area contributed by atoms with E-state index in [1.165, 1.54) is 6.42 Å². The van der Waals surface area contributed by atoms with Crippen molar-refractivity contribution in [2.45, 2.75) is 12.5 Å². The zero-order valence-corrected chi connectivity index (χ0v) is 13.3. The molecule has 2 fully saturated rings. The average Bonchev–Trinajstić information content (AvgIpc) is 3.04. The molecule has 0 bridgehead atoms. The smallest absolute Gasteiger partial charge is 0.255 e. The van der Waals surface area contributed by atoms with Gasteiger partial charge in [0.25, 0.3) is 5.91 Å². The number of nitrogens with one attached hydrogen (secondary N) is 1. The van der Waals surface area contributed by atoms with E-state index in [1.807, 2.05) is 4.90 Å². The first-order chi connectivity index (χ1) is 10.2. The van der Waals surface area contributed by atoms with Crippen molar-refractivity contribution < 1.29 is 4.79 Å². The number of hydrogen-bond donors (Lipinski definition) is 1. The number of benzene rings is 1. The summed E-state index contributed by atoms with van der Waals surface area (Å²) in [7, 11) is 0. The Labute approximate surface area is 135 Å². The average molecular weight is 328 g/mol. The van der Waals surface area contributed by atoms with E-state index in [0.717, 1.165) is 39.3 Å². The lowest BCUT2D eigenvalue weighted by atomic mass is 10.1. The van der Waals surface area contributed by atoms with Crippen molar-refractivity contribution in [3.05, 3.63) is 33.8 Å². The van der Waals surface area contributed by atoms with Crippen LogP contribution in [0.3, 0.4) is 0 Å². The Hall–Kier alpha value is -0.810. The van der Waals surface area contributed by atoms with Crippen molar-refractivity contribution in [3.8, 4) is 0 Å². The Kier molecular flexibility index (Phi) is 4.69. The highest BCUT2D eigenvalue weighted by molar-refractivity contribution is 6.43. The summed E-state index contributed by atoms with van der Waals surface area (Å²) in [4.78, 5) is 16.9. The van der Waals surface area contributed by atoms with Gasteiger partial charge in [0.2, 0.25) is 0 Å². The van der Waals surface area contributed by atoms with Crippen LogP contribution in [0.2, 0.25) is 10.0 Å². The van der Waals surface area contributed by atoms with E-state index in [2.05, 4.69) is 10.2 Å². The first-order valence-electron chi connectivity index (χ1n) is 7.35. The number of rotatable bonds is 2. The zero-order valence-electron chi connectivity index (χ0n) is 11.8. The van der Waals surface area contributed by atoms with Gasteiger partial charge < -0.3 is 10.2 Å². The van der Waals surface area contributed by atoms with Gasteiger partial charge in [0, 0.05) is 38.8 Å². The molecule has 2 heterocycles. The van der Waals surface area contributed by atoms with E-state index in [-0.39, 0.29) is 5.91 Å². The highest BCUT2D eigenvalue weighted by Gasteiger charge is 2.28. The molecule has 1 atom stereocenters. The van der Waals surface area contributed by atoms with Gasteiger partial charge in [-0.3, -0.25) is 9.69 Å². The van der Waals surface area contributed by atoms with Crippen molar-refractivity contribution in [2.24, 2.45) is 0 Å². The van der Waals surface area contributed by atoms with E-state index in [1.54, 1.807) is 18.2 Å². The highest BCUT2D eigenvalue weighted by Crippen LogP contribution is 2.27. The molecule has 0 spiro atoms. The van der Waals surface area contributed by atoms with Crippen molar-refractivity contribution in [1.29, 1.82) is 0 Å². The maximum absolute atomic E-state index is 12.6. The molecular formula is C15H19Cl2N3O. The van der Waals surface area contributed by atoms with Crippen molar-refractivity contribution in [2.75, 3.05) is 39.3 Å². The maximum Gasteiger partial charge on any atom is 0.255 e. The van der Waals surface area contributed by atoms with Gasteiger partial charge in [-0.25, -0.2) is 0 Å². The minimum Gasteiger partial charge on any atom is -0.336 e. The fourth-order valence-corrected chi connectivity index (χ4v) is 3.46. The second kappa shape index (κ2) is 6.53. The second-order valence-electron chi connectivity index (χ2n) is 5.58. The minimum atomic E-state index is -0.0216. The molecule has 1 aromatic rings. The Morgan fingerprint density at radius 1 is 1.19 bits per heavy atom. The summed E-state index contributed by atoms with van der Waals surface area (Å²) < 4.78 is 0. The summed E-state index contributed by atoms with van der Waals surface area (Å²) in [6, 6.07) is 5.83. The Morgan fingerprint density at radius 3 is 2.62 bits per heavy atom. The van der Waals surface area contributed by atoms with Crippen LogP contribution in [0.1, 0.15) is 16.8 Å². The standard InChI is InChI=1S/C15H19Cl2N3O/c16-13-3-1-2-12(14(13)17)15(21)20-8-6-19(7-9-20)11-4-5-18-10-11/h1-3,11,18H,4-10H2. The molecule has 2 aliphatic rings. The largest absolute Gasteiger partial charge is 0.336 e. The first-order valence-corrected chi connectivity index (χ1v) is 8.10. The molecule has 1 unspecified atom stereocenters. The third-order valence-electron chi connectivity index (χ3n) is 4.33. The molecule has 0 aromatic heterocycles. The van der Waals surface area contributed by atoms with E-state index in [9.17, 15) is 4.79 Å². The van der Waals surface area contributed by atoms with E-state index < -0.39 is 0 Å². The van der Waals surface area contributed by atoms with Gasteiger partial charge in [0.05, 0.1) is 15.6 Å². The van der Waals surface area contributed by atoms with Gasteiger partial charge in [-0.1, -0.05) is 29.3 Å². The number of amides is 1. The number of carbonyl (C=O) groups excluding carboxylic acids is 1. The predicted molar refractivity (Wildman–Crippen MR) is 85.2 cm³/mol. The van der Waals surface area contributed by atoms with Crippen LogP contribution in [0, 0.1) is 0 Å². The van der Waals surface area contributed by atoms with E-state index >= 15 is 0 Å². The summed E-state index contributed by atoms with van der Waals surface area (Å²) in [5.74, 6) is -0.0216.